The molecule has 0 unspecified atom stereocenters. The van der Waals surface area contributed by atoms with Crippen LogP contribution in [0.1, 0.15) is 0 Å². The second-order valence-corrected chi connectivity index (χ2v) is 4.11. The lowest BCUT2D eigenvalue weighted by Crippen LogP contribution is -2.31. The van der Waals surface area contributed by atoms with Crippen LogP contribution in [0.5, 0.6) is 0 Å². The molecule has 0 saturated carbocycles. The molecule has 5 nitrogen and oxygen atoms in total. The van der Waals surface area contributed by atoms with Crippen molar-refractivity contribution in [2.45, 2.75) is 6.43 Å². The summed E-state index contributed by atoms with van der Waals surface area (Å²) in [5.41, 5.74) is 0.605. The lowest BCUT2D eigenvalue weighted by Gasteiger charge is -2.22. The number of nitrogens with zero attached hydrogens (tertiary/aromatic N) is 5. The zero-order valence-electron chi connectivity index (χ0n) is 9.72. The predicted molar refractivity (Wildman–Crippen MR) is 65.2 cm³/mol. The van der Waals surface area contributed by atoms with Gasteiger partial charge in [-0.3, -0.25) is 4.68 Å². The second-order valence-electron chi connectivity index (χ2n) is 3.73. The summed E-state index contributed by atoms with van der Waals surface area (Å²) in [6, 6.07) is 0. The Morgan fingerprint density at radius 3 is 2.89 bits per heavy atom. The molecule has 0 amide bonds. The van der Waals surface area contributed by atoms with Crippen LogP contribution >= 0.6 is 11.6 Å². The summed E-state index contributed by atoms with van der Waals surface area (Å²) in [5, 5.41) is 4.69. The standard InChI is InChI=1S/C10H12ClF2N5/c1-17-9-7(4-16-17)10(15-6-14-9)18(3-2-11)5-8(12)13/h4,6,8H,2-3,5H2,1H3. The summed E-state index contributed by atoms with van der Waals surface area (Å²) >= 11 is 5.64. The largest absolute Gasteiger partial charge is 0.349 e. The number of anilines is 1. The number of aryl methyl sites for hydroxylation is 1. The van der Waals surface area contributed by atoms with E-state index in [1.165, 1.54) is 11.2 Å². The molecule has 0 bridgehead atoms. The van der Waals surface area contributed by atoms with Crippen molar-refractivity contribution in [3.8, 4) is 0 Å². The van der Waals surface area contributed by atoms with Crippen LogP contribution < -0.4 is 4.90 Å². The molecule has 2 heterocycles. The van der Waals surface area contributed by atoms with E-state index in [1.807, 2.05) is 0 Å². The van der Waals surface area contributed by atoms with E-state index in [1.54, 1.807) is 17.9 Å². The summed E-state index contributed by atoms with van der Waals surface area (Å²) < 4.78 is 26.7. The van der Waals surface area contributed by atoms with Gasteiger partial charge in [0.15, 0.2) is 5.65 Å². The van der Waals surface area contributed by atoms with E-state index in [9.17, 15) is 8.78 Å². The van der Waals surface area contributed by atoms with Gasteiger partial charge in [-0.05, 0) is 0 Å². The molecule has 2 rings (SSSR count). The van der Waals surface area contributed by atoms with Crippen molar-refractivity contribution in [1.82, 2.24) is 19.7 Å². The van der Waals surface area contributed by atoms with E-state index in [4.69, 9.17) is 11.6 Å². The molecule has 0 spiro atoms. The van der Waals surface area contributed by atoms with E-state index in [2.05, 4.69) is 15.1 Å². The quantitative estimate of drug-likeness (QED) is 0.779. The molecule has 0 radical (unpaired) electrons. The summed E-state index contributed by atoms with van der Waals surface area (Å²) in [4.78, 5) is 9.57. The van der Waals surface area contributed by atoms with E-state index >= 15 is 0 Å². The first kappa shape index (κ1) is 12.9. The number of hydrogen-bond donors (Lipinski definition) is 0. The number of fused-ring (bicyclic) bond motifs is 1. The van der Waals surface area contributed by atoms with Crippen LogP contribution in [0.4, 0.5) is 14.6 Å². The monoisotopic (exact) mass is 275 g/mol. The van der Waals surface area contributed by atoms with Crippen molar-refractivity contribution in [2.24, 2.45) is 7.05 Å². The maximum absolute atomic E-state index is 12.6. The van der Waals surface area contributed by atoms with Crippen LogP contribution in [0.3, 0.4) is 0 Å². The number of rotatable bonds is 5. The smallest absolute Gasteiger partial charge is 0.255 e. The Kier molecular flexibility index (Phi) is 3.90. The fraction of sp³-hybridized carbons (Fsp3) is 0.500. The van der Waals surface area contributed by atoms with Gasteiger partial charge < -0.3 is 4.90 Å². The third kappa shape index (κ3) is 2.50. The Morgan fingerprint density at radius 1 is 1.44 bits per heavy atom. The number of aromatic nitrogens is 4. The molecule has 0 fully saturated rings. The molecule has 18 heavy (non-hydrogen) atoms. The normalized spacial score (nSPS) is 11.4. The third-order valence-corrected chi connectivity index (χ3v) is 2.69. The van der Waals surface area contributed by atoms with Crippen LogP contribution in [0.25, 0.3) is 11.0 Å². The Bertz CT molecular complexity index is 530. The molecule has 8 heteroatoms. The second kappa shape index (κ2) is 5.43. The first-order valence-electron chi connectivity index (χ1n) is 5.35. The highest BCUT2D eigenvalue weighted by Gasteiger charge is 2.17. The Morgan fingerprint density at radius 2 is 2.22 bits per heavy atom. The Balaban J connectivity index is 2.43. The van der Waals surface area contributed by atoms with Crippen molar-refractivity contribution in [3.05, 3.63) is 12.5 Å². The zero-order chi connectivity index (χ0) is 13.1. The van der Waals surface area contributed by atoms with Crippen LogP contribution in [-0.2, 0) is 7.05 Å². The van der Waals surface area contributed by atoms with Crippen molar-refractivity contribution in [3.63, 3.8) is 0 Å². The fourth-order valence-electron chi connectivity index (χ4n) is 1.75. The van der Waals surface area contributed by atoms with E-state index in [-0.39, 0.29) is 5.88 Å². The molecule has 0 aliphatic heterocycles. The van der Waals surface area contributed by atoms with Gasteiger partial charge in [-0.25, -0.2) is 18.7 Å². The molecular formula is C10H12ClF2N5. The van der Waals surface area contributed by atoms with Crippen molar-refractivity contribution < 1.29 is 8.78 Å². The molecule has 0 atom stereocenters. The summed E-state index contributed by atoms with van der Waals surface area (Å²) in [7, 11) is 1.73. The maximum Gasteiger partial charge on any atom is 0.255 e. The minimum Gasteiger partial charge on any atom is -0.349 e. The van der Waals surface area contributed by atoms with Gasteiger partial charge in [-0.15, -0.1) is 11.6 Å². The van der Waals surface area contributed by atoms with Gasteiger partial charge in [0.1, 0.15) is 12.1 Å². The van der Waals surface area contributed by atoms with Crippen molar-refractivity contribution in [2.75, 3.05) is 23.9 Å². The molecule has 0 aliphatic carbocycles. The SMILES string of the molecule is Cn1ncc2c(N(CCCl)CC(F)F)ncnc21. The summed E-state index contributed by atoms with van der Waals surface area (Å²) in [5.74, 6) is 0.687. The molecule has 0 aromatic carbocycles. The van der Waals surface area contributed by atoms with Crippen LogP contribution in [0.2, 0.25) is 0 Å². The average Bonchev–Trinajstić information content (AvgIpc) is 2.70. The summed E-state index contributed by atoms with van der Waals surface area (Å²) in [6.45, 7) is -0.110. The predicted octanol–water partition coefficient (Wildman–Crippen LogP) is 1.67. The van der Waals surface area contributed by atoms with Gasteiger partial charge in [-0.2, -0.15) is 5.10 Å². The van der Waals surface area contributed by atoms with Gasteiger partial charge in [0, 0.05) is 19.5 Å². The minimum absolute atomic E-state index is 0.248. The molecular weight excluding hydrogens is 264 g/mol. The lowest BCUT2D eigenvalue weighted by atomic mass is 10.3. The average molecular weight is 276 g/mol. The van der Waals surface area contributed by atoms with Gasteiger partial charge >= 0.3 is 0 Å². The first-order chi connectivity index (χ1) is 8.63. The van der Waals surface area contributed by atoms with Crippen LogP contribution in [0.15, 0.2) is 12.5 Å². The van der Waals surface area contributed by atoms with Crippen molar-refractivity contribution in [1.29, 1.82) is 0 Å². The van der Waals surface area contributed by atoms with E-state index in [0.717, 1.165) is 0 Å². The van der Waals surface area contributed by atoms with E-state index < -0.39 is 13.0 Å². The summed E-state index contributed by atoms with van der Waals surface area (Å²) in [6.07, 6.45) is 0.457. The molecule has 98 valence electrons. The number of hydrogen-bond acceptors (Lipinski definition) is 4. The molecule has 0 saturated heterocycles. The van der Waals surface area contributed by atoms with Crippen LogP contribution in [-0.4, -0.2) is 45.1 Å². The maximum atomic E-state index is 12.6. The third-order valence-electron chi connectivity index (χ3n) is 2.52. The zero-order valence-corrected chi connectivity index (χ0v) is 10.5. The van der Waals surface area contributed by atoms with Gasteiger partial charge in [0.2, 0.25) is 0 Å². The van der Waals surface area contributed by atoms with Gasteiger partial charge in [0.25, 0.3) is 6.43 Å². The molecule has 0 N–H and O–H groups in total. The van der Waals surface area contributed by atoms with Gasteiger partial charge in [-0.1, -0.05) is 0 Å². The van der Waals surface area contributed by atoms with E-state index in [0.29, 0.717) is 23.4 Å². The Hall–Kier alpha value is -1.50. The molecule has 2 aromatic heterocycles. The Labute approximate surface area is 107 Å². The highest BCUT2D eigenvalue weighted by atomic mass is 35.5. The van der Waals surface area contributed by atoms with Gasteiger partial charge in [0.05, 0.1) is 18.1 Å². The highest BCUT2D eigenvalue weighted by molar-refractivity contribution is 6.18. The molecule has 2 aromatic rings. The topological polar surface area (TPSA) is 46.8 Å². The number of halogens is 3. The number of alkyl halides is 3. The lowest BCUT2D eigenvalue weighted by molar-refractivity contribution is 0.155. The molecule has 0 aliphatic rings. The minimum atomic E-state index is -2.45. The highest BCUT2D eigenvalue weighted by Crippen LogP contribution is 2.22. The van der Waals surface area contributed by atoms with Crippen molar-refractivity contribution >= 4 is 28.5 Å². The fourth-order valence-corrected chi connectivity index (χ4v) is 1.96. The first-order valence-corrected chi connectivity index (χ1v) is 5.88. The van der Waals surface area contributed by atoms with Crippen LogP contribution in [0, 0.1) is 0 Å².